The molecule has 2 aromatic carbocycles. The summed E-state index contributed by atoms with van der Waals surface area (Å²) in [4.78, 5) is 11.8. The maximum Gasteiger partial charge on any atom is 0.335 e. The highest BCUT2D eigenvalue weighted by atomic mass is 32.1. The van der Waals surface area contributed by atoms with Crippen LogP contribution in [-0.4, -0.2) is 16.2 Å². The summed E-state index contributed by atoms with van der Waals surface area (Å²) in [6, 6.07) is 15.9. The number of allylic oxidation sites excluding steroid dienone is 1. The van der Waals surface area contributed by atoms with Crippen molar-refractivity contribution in [1.29, 1.82) is 0 Å². The van der Waals surface area contributed by atoms with Gasteiger partial charge in [-0.05, 0) is 36.1 Å². The number of hydrogen-bond donors (Lipinski definition) is 0. The van der Waals surface area contributed by atoms with E-state index >= 15 is 0 Å². The van der Waals surface area contributed by atoms with Gasteiger partial charge in [0.25, 0.3) is 0 Å². The molecule has 0 fully saturated rings. The van der Waals surface area contributed by atoms with Gasteiger partial charge in [-0.3, -0.25) is 0 Å². The normalized spacial score (nSPS) is 11.1. The lowest BCUT2D eigenvalue weighted by Crippen LogP contribution is -2.03. The molecule has 4 nitrogen and oxygen atoms in total. The van der Waals surface area contributed by atoms with E-state index in [4.69, 9.17) is 4.74 Å². The summed E-state index contributed by atoms with van der Waals surface area (Å²) in [7, 11) is 0. The third kappa shape index (κ3) is 6.36. The van der Waals surface area contributed by atoms with E-state index in [2.05, 4.69) is 48.3 Å². The average Bonchev–Trinajstić information content (AvgIpc) is 3.24. The van der Waals surface area contributed by atoms with Crippen molar-refractivity contribution in [3.63, 3.8) is 0 Å². The van der Waals surface area contributed by atoms with Gasteiger partial charge < -0.3 is 4.74 Å². The molecule has 3 rings (SSSR count). The Balaban J connectivity index is 1.61. The first-order valence-electron chi connectivity index (χ1n) is 10.6. The molecule has 0 saturated heterocycles. The molecule has 0 N–H and O–H groups in total. The van der Waals surface area contributed by atoms with Crippen LogP contribution < -0.4 is 4.74 Å². The van der Waals surface area contributed by atoms with Crippen LogP contribution in [0.5, 0.6) is 5.75 Å². The lowest BCUT2D eigenvalue weighted by Gasteiger charge is -2.05. The SMILES string of the molecule is CCCC=CC(=O)Oc1ccc(-c2ccc(-c3nnc(CCCCC)s3)cc2)cc1. The summed E-state index contributed by atoms with van der Waals surface area (Å²) in [6.07, 6.45) is 9.84. The number of hydrogen-bond acceptors (Lipinski definition) is 5. The van der Waals surface area contributed by atoms with Gasteiger partial charge in [-0.2, -0.15) is 0 Å². The van der Waals surface area contributed by atoms with E-state index in [-0.39, 0.29) is 5.97 Å². The van der Waals surface area contributed by atoms with Crippen molar-refractivity contribution in [3.05, 3.63) is 65.7 Å². The Labute approximate surface area is 182 Å². The third-order valence-corrected chi connectivity index (χ3v) is 5.74. The summed E-state index contributed by atoms with van der Waals surface area (Å²) in [6.45, 7) is 4.28. The lowest BCUT2D eigenvalue weighted by molar-refractivity contribution is -0.129. The van der Waals surface area contributed by atoms with E-state index in [0.29, 0.717) is 5.75 Å². The minimum Gasteiger partial charge on any atom is -0.423 e. The van der Waals surface area contributed by atoms with Gasteiger partial charge in [-0.25, -0.2) is 4.79 Å². The molecule has 0 aliphatic rings. The minimum atomic E-state index is -0.341. The van der Waals surface area contributed by atoms with Crippen molar-refractivity contribution in [2.45, 2.75) is 52.4 Å². The van der Waals surface area contributed by atoms with Crippen LogP contribution in [0.2, 0.25) is 0 Å². The van der Waals surface area contributed by atoms with Crippen molar-refractivity contribution >= 4 is 17.3 Å². The Kier molecular flexibility index (Phi) is 8.33. The molecule has 0 saturated carbocycles. The van der Waals surface area contributed by atoms with Crippen LogP contribution in [0, 0.1) is 0 Å². The Morgan fingerprint density at radius 3 is 2.23 bits per heavy atom. The quantitative estimate of drug-likeness (QED) is 0.155. The van der Waals surface area contributed by atoms with E-state index in [0.717, 1.165) is 46.0 Å². The number of esters is 1. The zero-order valence-corrected chi connectivity index (χ0v) is 18.5. The lowest BCUT2D eigenvalue weighted by atomic mass is 10.0. The molecule has 0 atom stereocenters. The Morgan fingerprint density at radius 1 is 0.900 bits per heavy atom. The van der Waals surface area contributed by atoms with Gasteiger partial charge in [0.1, 0.15) is 15.8 Å². The highest BCUT2D eigenvalue weighted by molar-refractivity contribution is 7.14. The first kappa shape index (κ1) is 21.9. The first-order valence-corrected chi connectivity index (χ1v) is 11.4. The van der Waals surface area contributed by atoms with Crippen molar-refractivity contribution in [3.8, 4) is 27.4 Å². The standard InChI is InChI=1S/C25H28N2O2S/c1-3-5-7-9-23-26-27-25(30-23)21-13-11-19(12-14-21)20-15-17-22(18-16-20)29-24(28)10-8-6-4-2/h8,10-18H,3-7,9H2,1-2H3. The van der Waals surface area contributed by atoms with Crippen LogP contribution in [0.15, 0.2) is 60.7 Å². The second-order valence-electron chi connectivity index (χ2n) is 7.17. The zero-order chi connectivity index (χ0) is 21.2. The molecule has 0 spiro atoms. The average molecular weight is 421 g/mol. The summed E-state index contributed by atoms with van der Waals surface area (Å²) >= 11 is 1.68. The van der Waals surface area contributed by atoms with E-state index in [1.165, 1.54) is 25.3 Å². The molecule has 0 unspecified atom stereocenters. The van der Waals surface area contributed by atoms with Crippen LogP contribution in [0.1, 0.15) is 51.0 Å². The van der Waals surface area contributed by atoms with Gasteiger partial charge in [0.15, 0.2) is 0 Å². The fourth-order valence-electron chi connectivity index (χ4n) is 3.01. The second-order valence-corrected chi connectivity index (χ2v) is 8.23. The van der Waals surface area contributed by atoms with Crippen LogP contribution in [0.25, 0.3) is 21.7 Å². The fourth-order valence-corrected chi connectivity index (χ4v) is 3.90. The number of nitrogens with zero attached hydrogens (tertiary/aromatic N) is 2. The van der Waals surface area contributed by atoms with Crippen molar-refractivity contribution in [2.24, 2.45) is 0 Å². The predicted molar refractivity (Wildman–Crippen MR) is 124 cm³/mol. The predicted octanol–water partition coefficient (Wildman–Crippen LogP) is 6.87. The third-order valence-electron chi connectivity index (χ3n) is 4.71. The number of carbonyl (C=O) groups is 1. The number of ether oxygens (including phenoxy) is 1. The molecular formula is C25H28N2O2S. The fraction of sp³-hybridized carbons (Fsp3) is 0.320. The van der Waals surface area contributed by atoms with E-state index in [1.807, 2.05) is 30.3 Å². The minimum absolute atomic E-state index is 0.341. The molecule has 30 heavy (non-hydrogen) atoms. The number of unbranched alkanes of at least 4 members (excludes halogenated alkanes) is 3. The van der Waals surface area contributed by atoms with Crippen LogP contribution in [0.4, 0.5) is 0 Å². The summed E-state index contributed by atoms with van der Waals surface area (Å²) < 4.78 is 5.33. The van der Waals surface area contributed by atoms with E-state index in [9.17, 15) is 4.79 Å². The van der Waals surface area contributed by atoms with Gasteiger partial charge in [-0.15, -0.1) is 10.2 Å². The van der Waals surface area contributed by atoms with Gasteiger partial charge in [0.2, 0.25) is 0 Å². The smallest absolute Gasteiger partial charge is 0.335 e. The van der Waals surface area contributed by atoms with E-state index < -0.39 is 0 Å². The molecule has 0 bridgehead atoms. The highest BCUT2D eigenvalue weighted by Crippen LogP contribution is 2.28. The molecule has 0 radical (unpaired) electrons. The van der Waals surface area contributed by atoms with Gasteiger partial charge >= 0.3 is 5.97 Å². The molecule has 1 aromatic heterocycles. The zero-order valence-electron chi connectivity index (χ0n) is 17.6. The Hall–Kier alpha value is -2.79. The van der Waals surface area contributed by atoms with Crippen molar-refractivity contribution < 1.29 is 9.53 Å². The number of carbonyl (C=O) groups excluding carboxylic acids is 1. The van der Waals surface area contributed by atoms with E-state index in [1.54, 1.807) is 11.3 Å². The highest BCUT2D eigenvalue weighted by Gasteiger charge is 2.08. The molecule has 0 aliphatic heterocycles. The first-order chi connectivity index (χ1) is 14.7. The number of aromatic nitrogens is 2. The monoisotopic (exact) mass is 420 g/mol. The van der Waals surface area contributed by atoms with Gasteiger partial charge in [0.05, 0.1) is 0 Å². The maximum absolute atomic E-state index is 11.8. The Morgan fingerprint density at radius 2 is 1.57 bits per heavy atom. The van der Waals surface area contributed by atoms with Crippen LogP contribution >= 0.6 is 11.3 Å². The van der Waals surface area contributed by atoms with Gasteiger partial charge in [-0.1, -0.05) is 86.9 Å². The largest absolute Gasteiger partial charge is 0.423 e. The topological polar surface area (TPSA) is 52.1 Å². The summed E-state index contributed by atoms with van der Waals surface area (Å²) in [5.74, 6) is 0.206. The summed E-state index contributed by atoms with van der Waals surface area (Å²) in [5.41, 5.74) is 3.26. The molecule has 0 aliphatic carbocycles. The number of benzene rings is 2. The van der Waals surface area contributed by atoms with Crippen molar-refractivity contribution in [2.75, 3.05) is 0 Å². The maximum atomic E-state index is 11.8. The number of rotatable bonds is 10. The second kappa shape index (κ2) is 11.4. The molecule has 0 amide bonds. The molecule has 3 aromatic rings. The Bertz CT molecular complexity index is 960. The van der Waals surface area contributed by atoms with Crippen molar-refractivity contribution in [1.82, 2.24) is 10.2 Å². The van der Waals surface area contributed by atoms with Gasteiger partial charge in [0, 0.05) is 18.1 Å². The molecule has 5 heteroatoms. The molecule has 156 valence electrons. The van der Waals surface area contributed by atoms with Crippen LogP contribution in [-0.2, 0) is 11.2 Å². The molecular weight excluding hydrogens is 392 g/mol. The summed E-state index contributed by atoms with van der Waals surface area (Å²) in [5, 5.41) is 10.7. The molecule has 1 heterocycles. The van der Waals surface area contributed by atoms with Crippen LogP contribution in [0.3, 0.4) is 0 Å². The number of aryl methyl sites for hydroxylation is 1.